The van der Waals surface area contributed by atoms with Gasteiger partial charge in [-0.1, -0.05) is 54.0 Å². The molecular weight excluding hydrogens is 297 g/mol. The topological polar surface area (TPSA) is 37.4 Å². The van der Waals surface area contributed by atoms with E-state index in [-0.39, 0.29) is 11.8 Å². The molecule has 0 saturated carbocycles. The van der Waals surface area contributed by atoms with Crippen LogP contribution < -0.4 is 5.46 Å². The van der Waals surface area contributed by atoms with E-state index in [9.17, 15) is 9.59 Å². The Bertz CT molecular complexity index is 945. The van der Waals surface area contributed by atoms with Crippen LogP contribution in [0.3, 0.4) is 0 Å². The van der Waals surface area contributed by atoms with Gasteiger partial charge in [-0.15, -0.1) is 0 Å². The Kier molecular flexibility index (Phi) is 3.45. The number of carbonyl (C=O) groups is 2. The van der Waals surface area contributed by atoms with Crippen molar-refractivity contribution in [2.24, 2.45) is 0 Å². The van der Waals surface area contributed by atoms with Gasteiger partial charge in [0, 0.05) is 6.54 Å². The molecule has 1 heterocycles. The molecule has 0 atom stereocenters. The maximum Gasteiger partial charge on any atom is 0.261 e. The van der Waals surface area contributed by atoms with Crippen LogP contribution >= 0.6 is 0 Å². The minimum atomic E-state index is -0.213. The molecule has 2 amide bonds. The van der Waals surface area contributed by atoms with Gasteiger partial charge in [0.25, 0.3) is 11.8 Å². The van der Waals surface area contributed by atoms with Gasteiger partial charge in [-0.05, 0) is 34.9 Å². The zero-order chi connectivity index (χ0) is 16.7. The quantitative estimate of drug-likeness (QED) is 0.550. The van der Waals surface area contributed by atoms with E-state index in [1.165, 1.54) is 4.90 Å². The molecule has 0 aromatic heterocycles. The molecule has 2 radical (unpaired) electrons. The fraction of sp³-hybridized carbons (Fsp3) is 0.100. The first-order chi connectivity index (χ1) is 11.6. The van der Waals surface area contributed by atoms with Crippen LogP contribution in [0.1, 0.15) is 26.3 Å². The summed E-state index contributed by atoms with van der Waals surface area (Å²) in [5.74, 6) is -0.425. The third-order valence-corrected chi connectivity index (χ3v) is 4.48. The maximum absolute atomic E-state index is 12.4. The number of rotatable bonds is 3. The number of carbonyl (C=O) groups excluding carboxylic acids is 2. The first-order valence-electron chi connectivity index (χ1n) is 7.87. The van der Waals surface area contributed by atoms with Gasteiger partial charge in [-0.2, -0.15) is 0 Å². The lowest BCUT2D eigenvalue weighted by Gasteiger charge is -2.15. The molecule has 0 saturated heterocycles. The Morgan fingerprint density at radius 2 is 1.54 bits per heavy atom. The van der Waals surface area contributed by atoms with Crippen LogP contribution in [0, 0.1) is 0 Å². The van der Waals surface area contributed by atoms with Gasteiger partial charge in [0.1, 0.15) is 7.85 Å². The number of imide groups is 1. The van der Waals surface area contributed by atoms with Crippen molar-refractivity contribution in [2.75, 3.05) is 6.54 Å². The normalized spacial score (nSPS) is 13.6. The Balaban J connectivity index is 1.62. The molecule has 0 spiro atoms. The molecule has 4 rings (SSSR count). The van der Waals surface area contributed by atoms with Crippen molar-refractivity contribution >= 4 is 35.9 Å². The molecule has 0 bridgehead atoms. The fourth-order valence-electron chi connectivity index (χ4n) is 3.25. The van der Waals surface area contributed by atoms with Crippen LogP contribution in [-0.2, 0) is 6.42 Å². The summed E-state index contributed by atoms with van der Waals surface area (Å²) in [6.45, 7) is 0.361. The Morgan fingerprint density at radius 1 is 0.833 bits per heavy atom. The van der Waals surface area contributed by atoms with E-state index in [0.29, 0.717) is 29.6 Å². The molecule has 0 unspecified atom stereocenters. The van der Waals surface area contributed by atoms with Crippen molar-refractivity contribution in [1.29, 1.82) is 0 Å². The Labute approximate surface area is 141 Å². The van der Waals surface area contributed by atoms with E-state index >= 15 is 0 Å². The summed E-state index contributed by atoms with van der Waals surface area (Å²) >= 11 is 0. The average molecular weight is 311 g/mol. The van der Waals surface area contributed by atoms with E-state index in [1.807, 2.05) is 36.4 Å². The number of hydrogen-bond donors (Lipinski definition) is 0. The molecule has 3 aromatic rings. The van der Waals surface area contributed by atoms with Crippen LogP contribution in [0.5, 0.6) is 0 Å². The van der Waals surface area contributed by atoms with Gasteiger partial charge in [-0.3, -0.25) is 14.5 Å². The summed E-state index contributed by atoms with van der Waals surface area (Å²) in [6, 6.07) is 18.8. The number of hydrogen-bond acceptors (Lipinski definition) is 2. The smallest absolute Gasteiger partial charge is 0.261 e. The van der Waals surface area contributed by atoms with Crippen molar-refractivity contribution in [2.45, 2.75) is 6.42 Å². The third kappa shape index (κ3) is 2.31. The lowest BCUT2D eigenvalue weighted by Crippen LogP contribution is -2.31. The largest absolute Gasteiger partial charge is 0.274 e. The van der Waals surface area contributed by atoms with Gasteiger partial charge in [-0.25, -0.2) is 0 Å². The molecule has 0 fully saturated rings. The van der Waals surface area contributed by atoms with Crippen molar-refractivity contribution in [3.05, 3.63) is 77.4 Å². The molecule has 1 aliphatic heterocycles. The third-order valence-electron chi connectivity index (χ3n) is 4.48. The van der Waals surface area contributed by atoms with E-state index in [4.69, 9.17) is 7.85 Å². The van der Waals surface area contributed by atoms with Crippen molar-refractivity contribution in [1.82, 2.24) is 4.90 Å². The van der Waals surface area contributed by atoms with E-state index in [2.05, 4.69) is 0 Å². The predicted molar refractivity (Wildman–Crippen MR) is 94.8 cm³/mol. The fourth-order valence-corrected chi connectivity index (χ4v) is 3.25. The Morgan fingerprint density at radius 3 is 2.25 bits per heavy atom. The summed E-state index contributed by atoms with van der Waals surface area (Å²) in [4.78, 5) is 26.2. The first-order valence-corrected chi connectivity index (χ1v) is 7.87. The van der Waals surface area contributed by atoms with Crippen molar-refractivity contribution < 1.29 is 9.59 Å². The van der Waals surface area contributed by atoms with Gasteiger partial charge in [0.05, 0.1) is 11.1 Å². The van der Waals surface area contributed by atoms with Crippen LogP contribution in [0.4, 0.5) is 0 Å². The van der Waals surface area contributed by atoms with E-state index in [1.54, 1.807) is 24.3 Å². The minimum Gasteiger partial charge on any atom is -0.274 e. The van der Waals surface area contributed by atoms with Crippen LogP contribution in [0.25, 0.3) is 10.8 Å². The zero-order valence-corrected chi connectivity index (χ0v) is 13.0. The zero-order valence-electron chi connectivity index (χ0n) is 13.0. The summed E-state index contributed by atoms with van der Waals surface area (Å²) in [5.41, 5.74) is 2.77. The summed E-state index contributed by atoms with van der Waals surface area (Å²) in [5, 5.41) is 2.16. The number of nitrogens with zero attached hydrogens (tertiary/aromatic N) is 1. The van der Waals surface area contributed by atoms with E-state index < -0.39 is 0 Å². The second kappa shape index (κ2) is 5.64. The van der Waals surface area contributed by atoms with Gasteiger partial charge >= 0.3 is 0 Å². The lowest BCUT2D eigenvalue weighted by molar-refractivity contribution is 0.0656. The lowest BCUT2D eigenvalue weighted by atomic mass is 9.91. The molecule has 3 aromatic carbocycles. The van der Waals surface area contributed by atoms with E-state index in [0.717, 1.165) is 16.3 Å². The summed E-state index contributed by atoms with van der Waals surface area (Å²) in [7, 11) is 5.89. The molecule has 114 valence electrons. The van der Waals surface area contributed by atoms with Crippen molar-refractivity contribution in [3.63, 3.8) is 0 Å². The van der Waals surface area contributed by atoms with Gasteiger partial charge in [0.2, 0.25) is 0 Å². The first kappa shape index (κ1) is 14.7. The molecule has 0 N–H and O–H groups in total. The number of amides is 2. The Hall–Kier alpha value is -2.88. The maximum atomic E-state index is 12.4. The molecule has 24 heavy (non-hydrogen) atoms. The molecule has 3 nitrogen and oxygen atoms in total. The summed E-state index contributed by atoms with van der Waals surface area (Å²) < 4.78 is 0. The summed E-state index contributed by atoms with van der Waals surface area (Å²) in [6.07, 6.45) is 0.603. The highest BCUT2D eigenvalue weighted by Crippen LogP contribution is 2.24. The standard InChI is InChI=1S/C20H14BNO2/c21-15-9-8-13-4-3-5-14(18(13)12-15)10-11-22-19(23)16-6-1-2-7-17(16)20(22)24/h1-9,12H,10-11H2. The molecule has 4 heteroatoms. The molecule has 1 aliphatic rings. The monoisotopic (exact) mass is 311 g/mol. The second-order valence-electron chi connectivity index (χ2n) is 5.96. The molecular formula is C20H14BNO2. The highest BCUT2D eigenvalue weighted by Gasteiger charge is 2.34. The number of fused-ring (bicyclic) bond motifs is 2. The SMILES string of the molecule is [B]c1ccc2cccc(CCN3C(=O)c4ccccc4C3=O)c2c1. The number of benzene rings is 3. The average Bonchev–Trinajstić information content (AvgIpc) is 2.84. The van der Waals surface area contributed by atoms with Crippen LogP contribution in [0.15, 0.2) is 60.7 Å². The van der Waals surface area contributed by atoms with Gasteiger partial charge in [0.15, 0.2) is 0 Å². The highest BCUT2D eigenvalue weighted by molar-refractivity contribution is 6.33. The molecule has 0 aliphatic carbocycles. The second-order valence-corrected chi connectivity index (χ2v) is 5.96. The van der Waals surface area contributed by atoms with Crippen molar-refractivity contribution in [3.8, 4) is 0 Å². The minimum absolute atomic E-state index is 0.213. The van der Waals surface area contributed by atoms with Crippen LogP contribution in [0.2, 0.25) is 0 Å². The highest BCUT2D eigenvalue weighted by atomic mass is 16.2. The predicted octanol–water partition coefficient (Wildman–Crippen LogP) is 2.47. The van der Waals surface area contributed by atoms with Crippen LogP contribution in [-0.4, -0.2) is 31.1 Å². The van der Waals surface area contributed by atoms with Gasteiger partial charge < -0.3 is 0 Å².